The van der Waals surface area contributed by atoms with Crippen LogP contribution in [0.25, 0.3) is 11.1 Å². The summed E-state index contributed by atoms with van der Waals surface area (Å²) in [5, 5.41) is 13.6. The van der Waals surface area contributed by atoms with Gasteiger partial charge in [0.15, 0.2) is 6.23 Å². The van der Waals surface area contributed by atoms with Gasteiger partial charge < -0.3 is 25.1 Å². The molecule has 230 valence electrons. The molecule has 3 unspecified atom stereocenters. The number of nitrogens with one attached hydrogen (secondary N) is 1. The number of nitrogens with two attached hydrogens (primary N) is 1. The molecular formula is C29H35N4O9P. The molecule has 2 aliphatic rings. The van der Waals surface area contributed by atoms with Crippen molar-refractivity contribution in [2.75, 3.05) is 32.7 Å². The number of rotatable bonds is 12. The molecule has 6 atom stereocenters. The third-order valence-electron chi connectivity index (χ3n) is 7.49. The quantitative estimate of drug-likeness (QED) is 0.201. The number of aliphatic hydroxyl groups is 1. The minimum Gasteiger partial charge on any atom is -0.465 e. The number of hydrogen-bond acceptors (Lipinski definition) is 11. The number of carbonyl (C=O) groups is 1. The second kappa shape index (κ2) is 13.1. The van der Waals surface area contributed by atoms with Gasteiger partial charge in [-0.15, -0.1) is 0 Å². The number of nitrogen functional groups attached to an aromatic ring is 1. The van der Waals surface area contributed by atoms with Crippen LogP contribution in [0.1, 0.15) is 37.1 Å². The average Bonchev–Trinajstić information content (AvgIpc) is 3.49. The monoisotopic (exact) mass is 614 g/mol. The first-order chi connectivity index (χ1) is 20.7. The number of aliphatic hydroxyl groups excluding tert-OH is 1. The van der Waals surface area contributed by atoms with Gasteiger partial charge in [-0.05, 0) is 42.2 Å². The van der Waals surface area contributed by atoms with Crippen LogP contribution in [0.3, 0.4) is 0 Å². The van der Waals surface area contributed by atoms with Crippen LogP contribution < -0.4 is 16.5 Å². The van der Waals surface area contributed by atoms with E-state index in [-0.39, 0.29) is 24.9 Å². The molecule has 43 heavy (non-hydrogen) atoms. The Kier molecular flexibility index (Phi) is 9.42. The van der Waals surface area contributed by atoms with Crippen molar-refractivity contribution < 1.29 is 37.7 Å². The number of methoxy groups -OCH3 is 1. The van der Waals surface area contributed by atoms with Gasteiger partial charge in [-0.1, -0.05) is 48.5 Å². The van der Waals surface area contributed by atoms with Gasteiger partial charge in [0.2, 0.25) is 0 Å². The zero-order chi connectivity index (χ0) is 30.7. The van der Waals surface area contributed by atoms with Crippen LogP contribution >= 0.6 is 7.75 Å². The number of anilines is 1. The predicted molar refractivity (Wildman–Crippen MR) is 156 cm³/mol. The van der Waals surface area contributed by atoms with Gasteiger partial charge in [0.1, 0.15) is 30.2 Å². The lowest BCUT2D eigenvalue weighted by atomic mass is 9.98. The van der Waals surface area contributed by atoms with Crippen LogP contribution in [0.4, 0.5) is 5.82 Å². The summed E-state index contributed by atoms with van der Waals surface area (Å²) in [5.41, 5.74) is 9.04. The molecule has 1 saturated heterocycles. The molecule has 0 amide bonds. The molecule has 1 aromatic heterocycles. The first-order valence-corrected chi connectivity index (χ1v) is 15.4. The molecule has 1 aliphatic heterocycles. The van der Waals surface area contributed by atoms with Crippen molar-refractivity contribution in [3.05, 3.63) is 82.4 Å². The minimum absolute atomic E-state index is 0.0287. The van der Waals surface area contributed by atoms with Crippen molar-refractivity contribution in [1.82, 2.24) is 14.6 Å². The number of carbonyl (C=O) groups excluding carboxylic acids is 1. The van der Waals surface area contributed by atoms with Crippen LogP contribution in [0, 0.1) is 0 Å². The summed E-state index contributed by atoms with van der Waals surface area (Å²) in [6.45, 7) is 2.82. The number of aromatic nitrogens is 2. The van der Waals surface area contributed by atoms with Crippen molar-refractivity contribution in [1.29, 1.82) is 0 Å². The molecule has 0 spiro atoms. The van der Waals surface area contributed by atoms with E-state index in [0.717, 1.165) is 26.8 Å². The topological polar surface area (TPSA) is 173 Å². The summed E-state index contributed by atoms with van der Waals surface area (Å²) >= 11 is 0. The lowest BCUT2D eigenvalue weighted by molar-refractivity contribution is -0.144. The third-order valence-corrected chi connectivity index (χ3v) is 9.17. The molecule has 3 aromatic rings. The van der Waals surface area contributed by atoms with Gasteiger partial charge in [-0.25, -0.2) is 14.4 Å². The van der Waals surface area contributed by atoms with Crippen LogP contribution in [-0.4, -0.2) is 71.9 Å². The Labute approximate surface area is 248 Å². The number of ether oxygens (including phenoxy) is 3. The van der Waals surface area contributed by atoms with Crippen molar-refractivity contribution in [3.8, 4) is 11.1 Å². The molecule has 2 heterocycles. The summed E-state index contributed by atoms with van der Waals surface area (Å²) < 4.78 is 43.5. The summed E-state index contributed by atoms with van der Waals surface area (Å²) in [6.07, 6.45) is -3.01. The summed E-state index contributed by atoms with van der Waals surface area (Å²) in [5.74, 6) is -0.858. The summed E-state index contributed by atoms with van der Waals surface area (Å²) in [4.78, 5) is 28.6. The molecule has 0 saturated carbocycles. The van der Waals surface area contributed by atoms with Crippen LogP contribution in [0.5, 0.6) is 0 Å². The smallest absolute Gasteiger partial charge is 0.406 e. The molecular weight excluding hydrogens is 579 g/mol. The SMILES string of the molecule is CCOC(=O)[C@H](C)NP(=O)(OCC1c2ccccc2-c2ccccc21)OC[C@H]1O[C@@H](n2ccc(N)nc2=O)C(OC)C1O. The maximum Gasteiger partial charge on any atom is 0.406 e. The number of nitrogens with zero attached hydrogens (tertiary/aromatic N) is 2. The second-order valence-corrected chi connectivity index (χ2v) is 12.0. The van der Waals surface area contributed by atoms with E-state index in [4.69, 9.17) is 29.0 Å². The van der Waals surface area contributed by atoms with E-state index in [0.29, 0.717) is 0 Å². The Morgan fingerprint density at radius 3 is 2.35 bits per heavy atom. The first kappa shape index (κ1) is 31.0. The highest BCUT2D eigenvalue weighted by Crippen LogP contribution is 2.50. The highest BCUT2D eigenvalue weighted by Gasteiger charge is 2.47. The maximum atomic E-state index is 14.2. The lowest BCUT2D eigenvalue weighted by Gasteiger charge is -2.26. The normalized spacial score (nSPS) is 23.3. The van der Waals surface area contributed by atoms with E-state index in [1.807, 2.05) is 48.5 Å². The van der Waals surface area contributed by atoms with Crippen molar-refractivity contribution >= 4 is 19.5 Å². The fourth-order valence-electron chi connectivity index (χ4n) is 5.41. The highest BCUT2D eigenvalue weighted by atomic mass is 31.2. The molecule has 14 heteroatoms. The van der Waals surface area contributed by atoms with Gasteiger partial charge in [0.05, 0.1) is 19.8 Å². The molecule has 1 fully saturated rings. The first-order valence-electron chi connectivity index (χ1n) is 13.9. The average molecular weight is 615 g/mol. The Bertz CT molecular complexity index is 1520. The van der Waals surface area contributed by atoms with E-state index in [1.165, 1.54) is 26.3 Å². The largest absolute Gasteiger partial charge is 0.465 e. The van der Waals surface area contributed by atoms with E-state index < -0.39 is 56.6 Å². The Morgan fingerprint density at radius 2 is 1.74 bits per heavy atom. The van der Waals surface area contributed by atoms with Gasteiger partial charge in [-0.3, -0.25) is 18.4 Å². The minimum atomic E-state index is -4.22. The van der Waals surface area contributed by atoms with Gasteiger partial charge in [0.25, 0.3) is 0 Å². The number of hydrogen-bond donors (Lipinski definition) is 3. The maximum absolute atomic E-state index is 14.2. The number of benzene rings is 2. The van der Waals surface area contributed by atoms with Gasteiger partial charge >= 0.3 is 19.4 Å². The highest BCUT2D eigenvalue weighted by molar-refractivity contribution is 7.51. The van der Waals surface area contributed by atoms with Crippen LogP contribution in [0.15, 0.2) is 65.6 Å². The Hall–Kier alpha value is -3.42. The lowest BCUT2D eigenvalue weighted by Crippen LogP contribution is -2.38. The van der Waals surface area contributed by atoms with Crippen molar-refractivity contribution in [2.45, 2.75) is 50.3 Å². The Morgan fingerprint density at radius 1 is 1.12 bits per heavy atom. The zero-order valence-corrected chi connectivity index (χ0v) is 24.9. The van der Waals surface area contributed by atoms with E-state index in [1.54, 1.807) is 6.92 Å². The molecule has 1 aliphatic carbocycles. The molecule has 4 N–H and O–H groups in total. The fourth-order valence-corrected chi connectivity index (χ4v) is 6.90. The number of esters is 1. The van der Waals surface area contributed by atoms with Crippen molar-refractivity contribution in [2.24, 2.45) is 0 Å². The zero-order valence-electron chi connectivity index (χ0n) is 24.0. The third kappa shape index (κ3) is 6.43. The molecule has 0 bridgehead atoms. The summed E-state index contributed by atoms with van der Waals surface area (Å²) in [6, 6.07) is 16.2. The van der Waals surface area contributed by atoms with Gasteiger partial charge in [-0.2, -0.15) is 4.98 Å². The molecule has 0 radical (unpaired) electrons. The van der Waals surface area contributed by atoms with E-state index in [2.05, 4.69) is 10.1 Å². The van der Waals surface area contributed by atoms with Crippen molar-refractivity contribution in [3.63, 3.8) is 0 Å². The fraction of sp³-hybridized carbons (Fsp3) is 0.414. The van der Waals surface area contributed by atoms with Crippen LogP contribution in [-0.2, 0) is 32.6 Å². The molecule has 2 aromatic carbocycles. The molecule has 13 nitrogen and oxygen atoms in total. The van der Waals surface area contributed by atoms with Gasteiger partial charge in [0, 0.05) is 19.2 Å². The molecule has 5 rings (SSSR count). The second-order valence-electron chi connectivity index (χ2n) is 10.2. The Balaban J connectivity index is 1.36. The standard InChI is InChI=1S/C29H35N4O9P/c1-4-39-28(35)17(2)32-43(37,40-15-22-20-11-7-5-9-18(20)19-10-6-8-12-21(19)22)41-16-23-25(34)26(38-3)27(42-23)33-14-13-24(30)31-29(33)36/h5-14,17,22-23,25-27,34H,4,15-16H2,1-3H3,(H,32,37)(H2,30,31,36)/t17-,23+,25?,26?,27+,43?/m0/s1. The predicted octanol–water partition coefficient (Wildman–Crippen LogP) is 2.59. The van der Waals surface area contributed by atoms with E-state index >= 15 is 0 Å². The number of fused-ring (bicyclic) bond motifs is 3. The van der Waals surface area contributed by atoms with E-state index in [9.17, 15) is 19.3 Å². The summed E-state index contributed by atoms with van der Waals surface area (Å²) in [7, 11) is -2.87. The van der Waals surface area contributed by atoms with Crippen LogP contribution in [0.2, 0.25) is 0 Å².